The molecule has 3 heteroatoms. The van der Waals surface area contributed by atoms with Crippen LogP contribution in [0.15, 0.2) is 28.7 Å². The van der Waals surface area contributed by atoms with Crippen LogP contribution in [0.4, 0.5) is 0 Å². The van der Waals surface area contributed by atoms with Crippen molar-refractivity contribution in [3.63, 3.8) is 0 Å². The van der Waals surface area contributed by atoms with Crippen LogP contribution in [0.1, 0.15) is 50.6 Å². The van der Waals surface area contributed by atoms with E-state index in [4.69, 9.17) is 5.73 Å². The van der Waals surface area contributed by atoms with Crippen molar-refractivity contribution in [2.45, 2.75) is 51.1 Å². The highest BCUT2D eigenvalue weighted by atomic mass is 79.9. The lowest BCUT2D eigenvalue weighted by atomic mass is 9.98. The molecule has 1 fully saturated rings. The van der Waals surface area contributed by atoms with Crippen LogP contribution in [0.25, 0.3) is 0 Å². The van der Waals surface area contributed by atoms with Crippen molar-refractivity contribution in [3.8, 4) is 0 Å². The van der Waals surface area contributed by atoms with Gasteiger partial charge in [0, 0.05) is 23.1 Å². The summed E-state index contributed by atoms with van der Waals surface area (Å²) in [5, 5.41) is 0. The lowest BCUT2D eigenvalue weighted by Crippen LogP contribution is -2.40. The zero-order valence-corrected chi connectivity index (χ0v) is 13.4. The predicted molar refractivity (Wildman–Crippen MR) is 85.2 cm³/mol. The van der Waals surface area contributed by atoms with Crippen molar-refractivity contribution in [2.75, 3.05) is 13.1 Å². The Morgan fingerprint density at radius 3 is 2.89 bits per heavy atom. The third-order valence-corrected chi connectivity index (χ3v) is 4.97. The average molecular weight is 325 g/mol. The first kappa shape index (κ1) is 15.0. The smallest absolute Gasteiger partial charge is 0.0318 e. The summed E-state index contributed by atoms with van der Waals surface area (Å²) in [6.45, 7) is 4.68. The molecule has 0 spiro atoms. The van der Waals surface area contributed by atoms with Gasteiger partial charge in [-0.3, -0.25) is 0 Å². The normalized spacial score (nSPS) is 22.4. The van der Waals surface area contributed by atoms with Crippen LogP contribution in [0, 0.1) is 0 Å². The number of hydrogen-bond donors (Lipinski definition) is 1. The SMILES string of the molecule is CCC1CCCCN1CCC(N)c1ccccc1Br. The minimum absolute atomic E-state index is 0.134. The monoisotopic (exact) mass is 324 g/mol. The van der Waals surface area contributed by atoms with Gasteiger partial charge in [0.25, 0.3) is 0 Å². The van der Waals surface area contributed by atoms with Gasteiger partial charge in [-0.2, -0.15) is 0 Å². The Morgan fingerprint density at radius 2 is 2.16 bits per heavy atom. The Labute approximate surface area is 125 Å². The molecule has 0 amide bonds. The number of piperidine rings is 1. The van der Waals surface area contributed by atoms with E-state index in [9.17, 15) is 0 Å². The van der Waals surface area contributed by atoms with Crippen molar-refractivity contribution in [2.24, 2.45) is 5.73 Å². The summed E-state index contributed by atoms with van der Waals surface area (Å²) in [7, 11) is 0. The van der Waals surface area contributed by atoms with Crippen molar-refractivity contribution in [1.29, 1.82) is 0 Å². The molecule has 0 aromatic heterocycles. The van der Waals surface area contributed by atoms with Crippen LogP contribution in [0.2, 0.25) is 0 Å². The van der Waals surface area contributed by atoms with E-state index in [1.54, 1.807) is 0 Å². The van der Waals surface area contributed by atoms with E-state index < -0.39 is 0 Å². The maximum absolute atomic E-state index is 6.34. The summed E-state index contributed by atoms with van der Waals surface area (Å²) in [5.41, 5.74) is 7.57. The van der Waals surface area contributed by atoms with Gasteiger partial charge in [-0.1, -0.05) is 47.5 Å². The first-order valence-electron chi connectivity index (χ1n) is 7.46. The molecule has 0 bridgehead atoms. The average Bonchev–Trinajstić information content (AvgIpc) is 2.45. The Balaban J connectivity index is 1.89. The van der Waals surface area contributed by atoms with Crippen molar-refractivity contribution < 1.29 is 0 Å². The molecule has 0 saturated carbocycles. The maximum Gasteiger partial charge on any atom is 0.0318 e. The Hall–Kier alpha value is -0.380. The van der Waals surface area contributed by atoms with Gasteiger partial charge in [-0.15, -0.1) is 0 Å². The molecule has 1 heterocycles. The van der Waals surface area contributed by atoms with E-state index >= 15 is 0 Å². The van der Waals surface area contributed by atoms with Crippen molar-refractivity contribution in [1.82, 2.24) is 4.90 Å². The molecule has 1 aromatic rings. The Kier molecular flexibility index (Phi) is 5.86. The van der Waals surface area contributed by atoms with Gasteiger partial charge in [0.05, 0.1) is 0 Å². The number of nitrogens with zero attached hydrogens (tertiary/aromatic N) is 1. The van der Waals surface area contributed by atoms with E-state index in [-0.39, 0.29) is 6.04 Å². The van der Waals surface area contributed by atoms with Gasteiger partial charge in [0.2, 0.25) is 0 Å². The van der Waals surface area contributed by atoms with E-state index in [2.05, 4.69) is 46.0 Å². The summed E-state index contributed by atoms with van der Waals surface area (Å²) in [5.74, 6) is 0. The zero-order chi connectivity index (χ0) is 13.7. The molecule has 0 radical (unpaired) electrons. The molecule has 2 N–H and O–H groups in total. The molecule has 2 unspecified atom stereocenters. The third kappa shape index (κ3) is 4.04. The summed E-state index contributed by atoms with van der Waals surface area (Å²) >= 11 is 3.59. The highest BCUT2D eigenvalue weighted by molar-refractivity contribution is 9.10. The molecule has 2 atom stereocenters. The zero-order valence-electron chi connectivity index (χ0n) is 11.8. The fraction of sp³-hybridized carbons (Fsp3) is 0.625. The van der Waals surface area contributed by atoms with Gasteiger partial charge in [-0.25, -0.2) is 0 Å². The number of rotatable bonds is 5. The highest BCUT2D eigenvalue weighted by Crippen LogP contribution is 2.25. The highest BCUT2D eigenvalue weighted by Gasteiger charge is 2.21. The number of hydrogen-bond acceptors (Lipinski definition) is 2. The topological polar surface area (TPSA) is 29.3 Å². The van der Waals surface area contributed by atoms with Gasteiger partial charge in [-0.05, 0) is 43.9 Å². The van der Waals surface area contributed by atoms with E-state index in [0.717, 1.165) is 23.5 Å². The quantitative estimate of drug-likeness (QED) is 0.883. The minimum atomic E-state index is 0.134. The lowest BCUT2D eigenvalue weighted by Gasteiger charge is -2.35. The molecule has 2 rings (SSSR count). The standard InChI is InChI=1S/C16H25BrN2/c1-2-13-7-5-6-11-19(13)12-10-16(18)14-8-3-4-9-15(14)17/h3-4,8-9,13,16H,2,5-7,10-12,18H2,1H3. The molecular weight excluding hydrogens is 300 g/mol. The number of likely N-dealkylation sites (tertiary alicyclic amines) is 1. The molecule has 1 saturated heterocycles. The van der Waals surface area contributed by atoms with Crippen LogP contribution >= 0.6 is 15.9 Å². The third-order valence-electron chi connectivity index (χ3n) is 4.25. The molecule has 1 aliphatic heterocycles. The van der Waals surface area contributed by atoms with Gasteiger partial charge in [0.15, 0.2) is 0 Å². The van der Waals surface area contributed by atoms with Gasteiger partial charge in [0.1, 0.15) is 0 Å². The Morgan fingerprint density at radius 1 is 1.37 bits per heavy atom. The second-order valence-corrected chi connectivity index (χ2v) is 6.36. The fourth-order valence-corrected chi connectivity index (χ4v) is 3.63. The first-order valence-corrected chi connectivity index (χ1v) is 8.25. The van der Waals surface area contributed by atoms with E-state index in [1.165, 1.54) is 37.8 Å². The first-order chi connectivity index (χ1) is 9.22. The molecule has 0 aliphatic carbocycles. The van der Waals surface area contributed by atoms with Gasteiger partial charge < -0.3 is 10.6 Å². The van der Waals surface area contributed by atoms with Crippen molar-refractivity contribution in [3.05, 3.63) is 34.3 Å². The van der Waals surface area contributed by atoms with Gasteiger partial charge >= 0.3 is 0 Å². The summed E-state index contributed by atoms with van der Waals surface area (Å²) < 4.78 is 1.13. The second kappa shape index (κ2) is 7.41. The van der Waals surface area contributed by atoms with E-state index in [1.807, 2.05) is 6.07 Å². The van der Waals surface area contributed by atoms with Crippen LogP contribution in [-0.4, -0.2) is 24.0 Å². The Bertz CT molecular complexity index is 394. The van der Waals surface area contributed by atoms with Crippen LogP contribution in [-0.2, 0) is 0 Å². The number of nitrogens with two attached hydrogens (primary N) is 1. The number of halogens is 1. The molecule has 106 valence electrons. The predicted octanol–water partition coefficient (Wildman–Crippen LogP) is 4.10. The summed E-state index contributed by atoms with van der Waals surface area (Å²) in [4.78, 5) is 2.64. The minimum Gasteiger partial charge on any atom is -0.324 e. The van der Waals surface area contributed by atoms with Crippen LogP contribution in [0.3, 0.4) is 0 Å². The van der Waals surface area contributed by atoms with Crippen LogP contribution in [0.5, 0.6) is 0 Å². The molecule has 19 heavy (non-hydrogen) atoms. The van der Waals surface area contributed by atoms with E-state index in [0.29, 0.717) is 0 Å². The summed E-state index contributed by atoms with van der Waals surface area (Å²) in [6, 6.07) is 9.22. The maximum atomic E-state index is 6.34. The number of benzene rings is 1. The van der Waals surface area contributed by atoms with Crippen molar-refractivity contribution >= 4 is 15.9 Å². The lowest BCUT2D eigenvalue weighted by molar-refractivity contribution is 0.139. The molecule has 1 aliphatic rings. The second-order valence-electron chi connectivity index (χ2n) is 5.51. The largest absolute Gasteiger partial charge is 0.324 e. The summed E-state index contributed by atoms with van der Waals surface area (Å²) in [6.07, 6.45) is 6.41. The molecule has 1 aromatic carbocycles. The molecule has 2 nitrogen and oxygen atoms in total. The van der Waals surface area contributed by atoms with Crippen LogP contribution < -0.4 is 5.73 Å². The molecular formula is C16H25BrN2. The fourth-order valence-electron chi connectivity index (χ4n) is 3.05.